The summed E-state index contributed by atoms with van der Waals surface area (Å²) in [5.41, 5.74) is 3.24. The van der Waals surface area contributed by atoms with Gasteiger partial charge in [0.05, 0.1) is 7.11 Å². The third-order valence-electron chi connectivity index (χ3n) is 5.19. The smallest absolute Gasteiger partial charge is 0.264 e. The number of amides is 1. The van der Waals surface area contributed by atoms with Gasteiger partial charge in [0, 0.05) is 38.1 Å². The Bertz CT molecular complexity index is 1070. The van der Waals surface area contributed by atoms with Crippen molar-refractivity contribution in [1.29, 1.82) is 0 Å². The summed E-state index contributed by atoms with van der Waals surface area (Å²) in [7, 11) is 3.42. The Hall–Kier alpha value is -3.11. The van der Waals surface area contributed by atoms with E-state index in [0.29, 0.717) is 24.6 Å². The van der Waals surface area contributed by atoms with E-state index in [1.54, 1.807) is 28.5 Å². The first-order chi connectivity index (χ1) is 15.7. The fraction of sp³-hybridized carbons (Fsp3) is 0.364. The number of ether oxygens (including phenoxy) is 2. The molecule has 0 fully saturated rings. The van der Waals surface area contributed by atoms with Crippen molar-refractivity contribution in [1.82, 2.24) is 25.5 Å². The Kier molecular flexibility index (Phi) is 7.23. The average Bonchev–Trinajstić information content (AvgIpc) is 3.43. The standard InChI is InChI=1S/C22H26N6O3S/c1-27-22(24-25-26-27)32-12-10-23-14-16-7-8-19(20(13-16)30-2)31-15-21(29)28-11-9-17-5-3-4-6-18(17)28/h3-8,13,23H,9-12,14-15H2,1-2H3. The summed E-state index contributed by atoms with van der Waals surface area (Å²) in [5, 5.41) is 15.6. The molecule has 0 bridgehead atoms. The van der Waals surface area contributed by atoms with Gasteiger partial charge >= 0.3 is 0 Å². The van der Waals surface area contributed by atoms with Crippen LogP contribution in [0.3, 0.4) is 0 Å². The van der Waals surface area contributed by atoms with Gasteiger partial charge in [0.2, 0.25) is 5.16 Å². The molecule has 2 aromatic carbocycles. The van der Waals surface area contributed by atoms with Crippen molar-refractivity contribution in [2.24, 2.45) is 7.05 Å². The Morgan fingerprint density at radius 1 is 1.22 bits per heavy atom. The van der Waals surface area contributed by atoms with Gasteiger partial charge in [-0.05, 0) is 46.2 Å². The number of methoxy groups -OCH3 is 1. The molecule has 1 N–H and O–H groups in total. The van der Waals surface area contributed by atoms with Gasteiger partial charge in [-0.1, -0.05) is 36.0 Å². The van der Waals surface area contributed by atoms with E-state index in [-0.39, 0.29) is 12.5 Å². The van der Waals surface area contributed by atoms with Gasteiger partial charge in [0.25, 0.3) is 5.91 Å². The zero-order chi connectivity index (χ0) is 22.3. The number of para-hydroxylation sites is 1. The Labute approximate surface area is 191 Å². The summed E-state index contributed by atoms with van der Waals surface area (Å²) in [6.45, 7) is 2.16. The summed E-state index contributed by atoms with van der Waals surface area (Å²) in [5.74, 6) is 1.97. The molecule has 1 aromatic heterocycles. The molecule has 0 aliphatic carbocycles. The quantitative estimate of drug-likeness (QED) is 0.368. The Balaban J connectivity index is 1.26. The predicted molar refractivity (Wildman–Crippen MR) is 122 cm³/mol. The van der Waals surface area contributed by atoms with Crippen molar-refractivity contribution >= 4 is 23.4 Å². The second-order valence-electron chi connectivity index (χ2n) is 7.31. The van der Waals surface area contributed by atoms with E-state index in [0.717, 1.165) is 35.1 Å². The number of nitrogens with zero attached hydrogens (tertiary/aromatic N) is 5. The topological polar surface area (TPSA) is 94.4 Å². The maximum Gasteiger partial charge on any atom is 0.264 e. The van der Waals surface area contributed by atoms with E-state index in [1.165, 1.54) is 5.56 Å². The lowest BCUT2D eigenvalue weighted by Crippen LogP contribution is -2.33. The first-order valence-electron chi connectivity index (χ1n) is 10.4. The van der Waals surface area contributed by atoms with E-state index in [1.807, 2.05) is 43.4 Å². The van der Waals surface area contributed by atoms with Crippen molar-refractivity contribution in [2.75, 3.05) is 37.5 Å². The van der Waals surface area contributed by atoms with Crippen LogP contribution in [0.25, 0.3) is 0 Å². The summed E-state index contributed by atoms with van der Waals surface area (Å²) >= 11 is 1.60. The lowest BCUT2D eigenvalue weighted by atomic mass is 10.2. The average molecular weight is 455 g/mol. The molecule has 4 rings (SSSR count). The van der Waals surface area contributed by atoms with Crippen molar-refractivity contribution < 1.29 is 14.3 Å². The minimum Gasteiger partial charge on any atom is -0.493 e. The molecule has 3 aromatic rings. The number of rotatable bonds is 10. The lowest BCUT2D eigenvalue weighted by Gasteiger charge is -2.18. The highest BCUT2D eigenvalue weighted by Crippen LogP contribution is 2.30. The van der Waals surface area contributed by atoms with Crippen LogP contribution in [0.1, 0.15) is 11.1 Å². The summed E-state index contributed by atoms with van der Waals surface area (Å²) in [4.78, 5) is 14.5. The molecule has 0 spiro atoms. The van der Waals surface area contributed by atoms with Crippen molar-refractivity contribution in [3.63, 3.8) is 0 Å². The van der Waals surface area contributed by atoms with E-state index < -0.39 is 0 Å². The predicted octanol–water partition coefficient (Wildman–Crippen LogP) is 2.07. The van der Waals surface area contributed by atoms with Gasteiger partial charge in [0.15, 0.2) is 18.1 Å². The SMILES string of the molecule is COc1cc(CNCCSc2nnnn2C)ccc1OCC(=O)N1CCc2ccccc21. The summed E-state index contributed by atoms with van der Waals surface area (Å²) in [6, 6.07) is 13.7. The third kappa shape index (κ3) is 5.20. The first kappa shape index (κ1) is 22.1. The maximum atomic E-state index is 12.7. The summed E-state index contributed by atoms with van der Waals surface area (Å²) in [6.07, 6.45) is 0.876. The molecule has 0 unspecified atom stereocenters. The van der Waals surface area contributed by atoms with Crippen LogP contribution < -0.4 is 19.7 Å². The van der Waals surface area contributed by atoms with Crippen LogP contribution in [0.4, 0.5) is 5.69 Å². The summed E-state index contributed by atoms with van der Waals surface area (Å²) < 4.78 is 12.9. The molecule has 0 atom stereocenters. The van der Waals surface area contributed by atoms with E-state index in [4.69, 9.17) is 9.47 Å². The number of aryl methyl sites for hydroxylation is 1. The number of nitrogens with one attached hydrogen (secondary N) is 1. The molecule has 1 aliphatic heterocycles. The fourth-order valence-corrected chi connectivity index (χ4v) is 4.29. The number of carbonyl (C=O) groups excluding carboxylic acids is 1. The highest BCUT2D eigenvalue weighted by Gasteiger charge is 2.24. The van der Waals surface area contributed by atoms with Gasteiger partial charge in [0.1, 0.15) is 0 Å². The molecule has 0 saturated carbocycles. The largest absolute Gasteiger partial charge is 0.493 e. The maximum absolute atomic E-state index is 12.7. The molecule has 10 heteroatoms. The number of anilines is 1. The van der Waals surface area contributed by atoms with E-state index in [2.05, 4.69) is 26.9 Å². The third-order valence-corrected chi connectivity index (χ3v) is 6.20. The van der Waals surface area contributed by atoms with Gasteiger partial charge < -0.3 is 19.7 Å². The fourth-order valence-electron chi connectivity index (χ4n) is 3.55. The molecule has 1 aliphatic rings. The molecular formula is C22H26N6O3S. The second-order valence-corrected chi connectivity index (χ2v) is 8.37. The number of hydrogen-bond acceptors (Lipinski definition) is 8. The molecule has 0 radical (unpaired) electrons. The molecule has 0 saturated heterocycles. The molecule has 32 heavy (non-hydrogen) atoms. The minimum atomic E-state index is -0.0571. The number of tetrazole rings is 1. The zero-order valence-corrected chi connectivity index (χ0v) is 19.0. The van der Waals surface area contributed by atoms with Crippen LogP contribution in [0, 0.1) is 0 Å². The van der Waals surface area contributed by atoms with Gasteiger partial charge in [-0.15, -0.1) is 5.10 Å². The first-order valence-corrected chi connectivity index (χ1v) is 11.4. The minimum absolute atomic E-state index is 0.0313. The molecule has 2 heterocycles. The van der Waals surface area contributed by atoms with Gasteiger partial charge in [-0.3, -0.25) is 4.79 Å². The second kappa shape index (κ2) is 10.5. The highest BCUT2D eigenvalue weighted by atomic mass is 32.2. The van der Waals surface area contributed by atoms with Gasteiger partial charge in [-0.2, -0.15) is 0 Å². The van der Waals surface area contributed by atoms with Crippen LogP contribution in [0.15, 0.2) is 47.6 Å². The van der Waals surface area contributed by atoms with Crippen LogP contribution >= 0.6 is 11.8 Å². The van der Waals surface area contributed by atoms with Crippen LogP contribution in [-0.4, -0.2) is 58.7 Å². The number of carbonyl (C=O) groups is 1. The number of aromatic nitrogens is 4. The zero-order valence-electron chi connectivity index (χ0n) is 18.2. The van der Waals surface area contributed by atoms with E-state index in [9.17, 15) is 4.79 Å². The Morgan fingerprint density at radius 3 is 2.91 bits per heavy atom. The lowest BCUT2D eigenvalue weighted by molar-refractivity contribution is -0.120. The molecule has 168 valence electrons. The molecule has 1 amide bonds. The molecule has 9 nitrogen and oxygen atoms in total. The van der Waals surface area contributed by atoms with Crippen molar-refractivity contribution in [2.45, 2.75) is 18.1 Å². The van der Waals surface area contributed by atoms with Crippen LogP contribution in [0.2, 0.25) is 0 Å². The molecular weight excluding hydrogens is 428 g/mol. The number of benzene rings is 2. The normalized spacial score (nSPS) is 12.6. The Morgan fingerprint density at radius 2 is 2.09 bits per heavy atom. The van der Waals surface area contributed by atoms with Crippen molar-refractivity contribution in [3.8, 4) is 11.5 Å². The highest BCUT2D eigenvalue weighted by molar-refractivity contribution is 7.99. The van der Waals surface area contributed by atoms with E-state index >= 15 is 0 Å². The van der Waals surface area contributed by atoms with Crippen LogP contribution in [0.5, 0.6) is 11.5 Å². The number of hydrogen-bond donors (Lipinski definition) is 1. The number of fused-ring (bicyclic) bond motifs is 1. The van der Waals surface area contributed by atoms with Crippen LogP contribution in [-0.2, 0) is 24.8 Å². The number of thioether (sulfide) groups is 1. The monoisotopic (exact) mass is 454 g/mol. The van der Waals surface area contributed by atoms with Crippen molar-refractivity contribution in [3.05, 3.63) is 53.6 Å². The van der Waals surface area contributed by atoms with Gasteiger partial charge in [-0.25, -0.2) is 4.68 Å².